The van der Waals surface area contributed by atoms with Gasteiger partial charge in [0, 0.05) is 30.8 Å². The number of Topliss-reactive ketones (excluding diaryl/α,β-unsaturated/α-hetero) is 2. The van der Waals surface area contributed by atoms with Gasteiger partial charge in [-0.2, -0.15) is 0 Å². The van der Waals surface area contributed by atoms with Crippen LogP contribution in [0.2, 0.25) is 0 Å². The summed E-state index contributed by atoms with van der Waals surface area (Å²) in [5.41, 5.74) is 0.311. The molecule has 3 aliphatic carbocycles. The van der Waals surface area contributed by atoms with Crippen LogP contribution >= 0.6 is 23.5 Å². The summed E-state index contributed by atoms with van der Waals surface area (Å²) in [6.07, 6.45) is 13.2. The third-order valence-electron chi connectivity index (χ3n) is 7.31. The van der Waals surface area contributed by atoms with Crippen molar-refractivity contribution >= 4 is 40.1 Å². The van der Waals surface area contributed by atoms with Gasteiger partial charge in [0.2, 0.25) is 16.6 Å². The second kappa shape index (κ2) is 7.90. The van der Waals surface area contributed by atoms with Crippen LogP contribution in [-0.4, -0.2) is 67.9 Å². The lowest BCUT2D eigenvalue weighted by molar-refractivity contribution is -0.533. The van der Waals surface area contributed by atoms with E-state index in [1.807, 2.05) is 0 Å². The zero-order valence-electron chi connectivity index (χ0n) is 17.6. The molecule has 0 spiro atoms. The van der Waals surface area contributed by atoms with E-state index in [1.165, 1.54) is 51.4 Å². The fourth-order valence-corrected chi connectivity index (χ4v) is 8.63. The normalized spacial score (nSPS) is 37.1. The van der Waals surface area contributed by atoms with Crippen LogP contribution in [-0.2, 0) is 9.59 Å². The standard InChI is InChI=1S/C23H28N2O3S2/c1-24-15-7-3-5-9-17(15)29-19(24)11-13-21(26)14(23(28)22(13)27)12-20-25(2)16-8-4-6-10-18(16)30-20/h11-12,15-18H,3-10H2,1-2H3/p+1. The van der Waals surface area contributed by atoms with Crippen molar-refractivity contribution in [1.29, 1.82) is 0 Å². The molecule has 7 heteroatoms. The molecule has 0 radical (unpaired) electrons. The highest BCUT2D eigenvalue weighted by Crippen LogP contribution is 2.45. The summed E-state index contributed by atoms with van der Waals surface area (Å²) in [6, 6.07) is 0.977. The van der Waals surface area contributed by atoms with Gasteiger partial charge in [-0.15, -0.1) is 11.8 Å². The second-order valence-corrected chi connectivity index (χ2v) is 11.6. The van der Waals surface area contributed by atoms with Gasteiger partial charge in [-0.25, -0.2) is 4.58 Å². The smallest absolute Gasteiger partial charge is 0.237 e. The lowest BCUT2D eigenvalue weighted by atomic mass is 9.94. The van der Waals surface area contributed by atoms with Crippen molar-refractivity contribution in [3.8, 4) is 0 Å². The molecule has 0 aromatic heterocycles. The molecule has 0 aromatic rings. The summed E-state index contributed by atoms with van der Waals surface area (Å²) in [4.78, 5) is 27.7. The molecule has 4 unspecified atom stereocenters. The van der Waals surface area contributed by atoms with Gasteiger partial charge in [0.05, 0.1) is 21.4 Å². The van der Waals surface area contributed by atoms with E-state index in [9.17, 15) is 14.7 Å². The fraction of sp³-hybridized carbons (Fsp3) is 0.609. The van der Waals surface area contributed by atoms with Crippen LogP contribution in [0.25, 0.3) is 0 Å². The number of fused-ring (bicyclic) bond motifs is 2. The molecule has 1 N–H and O–H groups in total. The van der Waals surface area contributed by atoms with Gasteiger partial charge in [-0.1, -0.05) is 19.3 Å². The number of carbonyl (C=O) groups excluding carboxylic acids is 2. The maximum Gasteiger partial charge on any atom is 0.237 e. The Bertz CT molecular complexity index is 933. The Hall–Kier alpha value is -1.47. The number of aliphatic hydroxyl groups is 1. The molecule has 160 valence electrons. The topological polar surface area (TPSA) is 60.6 Å². The van der Waals surface area contributed by atoms with E-state index in [2.05, 4.69) is 23.6 Å². The number of thioether (sulfide) groups is 2. The third kappa shape index (κ3) is 3.29. The van der Waals surface area contributed by atoms with Gasteiger partial charge in [-0.05, 0) is 43.5 Å². The van der Waals surface area contributed by atoms with Crippen molar-refractivity contribution in [2.24, 2.45) is 0 Å². The van der Waals surface area contributed by atoms with E-state index in [0.717, 1.165) is 10.1 Å². The predicted octanol–water partition coefficient (Wildman–Crippen LogP) is 3.81. The molecule has 0 amide bonds. The highest BCUT2D eigenvalue weighted by molar-refractivity contribution is 8.14. The van der Waals surface area contributed by atoms with Gasteiger partial charge < -0.3 is 10.0 Å². The SMILES string of the molecule is CN1C(=CC2=C(O)C(=CC3=[N+](C)C4CCCCC4S3)C(=O)C2=O)SC2CCCCC21. The first-order valence-electron chi connectivity index (χ1n) is 11.1. The molecule has 5 nitrogen and oxygen atoms in total. The Labute approximate surface area is 186 Å². The fourth-order valence-electron chi connectivity index (χ4n) is 5.51. The van der Waals surface area contributed by atoms with Gasteiger partial charge in [0.25, 0.3) is 0 Å². The maximum atomic E-state index is 12.7. The van der Waals surface area contributed by atoms with E-state index >= 15 is 0 Å². The average Bonchev–Trinajstić information content (AvgIpc) is 3.31. The first-order valence-corrected chi connectivity index (χ1v) is 12.8. The van der Waals surface area contributed by atoms with Crippen LogP contribution in [0.3, 0.4) is 0 Å². The van der Waals surface area contributed by atoms with E-state index in [0.29, 0.717) is 22.6 Å². The van der Waals surface area contributed by atoms with Crippen LogP contribution in [0.5, 0.6) is 0 Å². The molecule has 3 fully saturated rings. The summed E-state index contributed by atoms with van der Waals surface area (Å²) in [5, 5.41) is 13.9. The zero-order chi connectivity index (χ0) is 21.0. The Morgan fingerprint density at radius 3 is 2.40 bits per heavy atom. The van der Waals surface area contributed by atoms with Crippen LogP contribution < -0.4 is 0 Å². The minimum atomic E-state index is -0.584. The largest absolute Gasteiger partial charge is 0.506 e. The molecule has 1 saturated heterocycles. The number of aliphatic hydroxyl groups excluding tert-OH is 1. The van der Waals surface area contributed by atoms with Gasteiger partial charge in [0.1, 0.15) is 12.8 Å². The first-order chi connectivity index (χ1) is 14.5. The van der Waals surface area contributed by atoms with Crippen molar-refractivity contribution in [2.75, 3.05) is 14.1 Å². The van der Waals surface area contributed by atoms with Crippen molar-refractivity contribution in [1.82, 2.24) is 4.90 Å². The maximum absolute atomic E-state index is 12.7. The van der Waals surface area contributed by atoms with E-state index < -0.39 is 11.6 Å². The van der Waals surface area contributed by atoms with E-state index in [4.69, 9.17) is 0 Å². The quantitative estimate of drug-likeness (QED) is 0.396. The molecule has 30 heavy (non-hydrogen) atoms. The highest BCUT2D eigenvalue weighted by atomic mass is 32.2. The lowest BCUT2D eigenvalue weighted by Gasteiger charge is -2.28. The Morgan fingerprint density at radius 1 is 0.967 bits per heavy atom. The molecule has 2 heterocycles. The minimum Gasteiger partial charge on any atom is -0.506 e. The van der Waals surface area contributed by atoms with Gasteiger partial charge >= 0.3 is 0 Å². The molecule has 0 bridgehead atoms. The number of rotatable bonds is 2. The zero-order valence-corrected chi connectivity index (χ0v) is 19.2. The van der Waals surface area contributed by atoms with E-state index in [-0.39, 0.29) is 16.9 Å². The molecule has 5 rings (SSSR count). The van der Waals surface area contributed by atoms with Crippen LogP contribution in [0.1, 0.15) is 51.4 Å². The molecule has 0 aromatic carbocycles. The van der Waals surface area contributed by atoms with Crippen molar-refractivity contribution in [3.05, 3.63) is 34.1 Å². The van der Waals surface area contributed by atoms with Crippen molar-refractivity contribution in [2.45, 2.75) is 74.0 Å². The summed E-state index contributed by atoms with van der Waals surface area (Å²) in [6.45, 7) is 0. The number of carbonyl (C=O) groups is 2. The summed E-state index contributed by atoms with van der Waals surface area (Å²) in [5.74, 6) is -1.32. The lowest BCUT2D eigenvalue weighted by Crippen LogP contribution is -2.33. The monoisotopic (exact) mass is 445 g/mol. The third-order valence-corrected chi connectivity index (χ3v) is 10.3. The van der Waals surface area contributed by atoms with E-state index in [1.54, 1.807) is 35.7 Å². The number of ketones is 2. The van der Waals surface area contributed by atoms with Crippen LogP contribution in [0.15, 0.2) is 34.1 Å². The molecule has 2 saturated carbocycles. The van der Waals surface area contributed by atoms with Gasteiger partial charge in [0.15, 0.2) is 6.04 Å². The summed E-state index contributed by atoms with van der Waals surface area (Å²) in [7, 11) is 4.12. The highest BCUT2D eigenvalue weighted by Gasteiger charge is 2.44. The number of hydrogen-bond acceptors (Lipinski definition) is 6. The summed E-state index contributed by atoms with van der Waals surface area (Å²) < 4.78 is 2.23. The second-order valence-electron chi connectivity index (χ2n) is 9.04. The average molecular weight is 446 g/mol. The molecule has 2 aliphatic heterocycles. The number of hydrogen-bond donors (Lipinski definition) is 1. The summed E-state index contributed by atoms with van der Waals surface area (Å²) >= 11 is 3.57. The van der Waals surface area contributed by atoms with Crippen molar-refractivity contribution in [3.63, 3.8) is 0 Å². The molecular weight excluding hydrogens is 416 g/mol. The Kier molecular flexibility index (Phi) is 5.38. The first kappa shape index (κ1) is 20.4. The Morgan fingerprint density at radius 2 is 1.67 bits per heavy atom. The van der Waals surface area contributed by atoms with Gasteiger partial charge in [-0.3, -0.25) is 9.59 Å². The van der Waals surface area contributed by atoms with Crippen molar-refractivity contribution < 1.29 is 19.3 Å². The molecule has 4 atom stereocenters. The van der Waals surface area contributed by atoms with Crippen LogP contribution in [0.4, 0.5) is 0 Å². The number of allylic oxidation sites excluding steroid dienone is 3. The molecular formula is C23H29N2O3S2+. The van der Waals surface area contributed by atoms with Crippen LogP contribution in [0, 0.1) is 0 Å². The predicted molar refractivity (Wildman–Crippen MR) is 122 cm³/mol. The Balaban J connectivity index is 1.45. The number of nitrogens with zero attached hydrogens (tertiary/aromatic N) is 2. The molecule has 5 aliphatic rings. The minimum absolute atomic E-state index is 0.155.